The maximum absolute atomic E-state index is 13.1. The topological polar surface area (TPSA) is 237 Å². The second kappa shape index (κ2) is 74.8. The van der Waals surface area contributed by atoms with E-state index in [1.54, 1.807) is 0 Å². The molecular formula is C86H168O17P2. The zero-order valence-electron chi connectivity index (χ0n) is 69.4. The Morgan fingerprint density at radius 1 is 0.267 bits per heavy atom. The van der Waals surface area contributed by atoms with Gasteiger partial charge in [0, 0.05) is 25.7 Å². The average Bonchev–Trinajstić information content (AvgIpc) is 0.936. The summed E-state index contributed by atoms with van der Waals surface area (Å²) in [5.41, 5.74) is 0. The minimum atomic E-state index is -4.96. The molecule has 0 bridgehead atoms. The van der Waals surface area contributed by atoms with Crippen LogP contribution < -0.4 is 0 Å². The molecule has 0 radical (unpaired) electrons. The molecule has 0 saturated heterocycles. The van der Waals surface area contributed by atoms with Crippen LogP contribution in [0.5, 0.6) is 0 Å². The van der Waals surface area contributed by atoms with Gasteiger partial charge < -0.3 is 33.8 Å². The molecule has 0 spiro atoms. The van der Waals surface area contributed by atoms with Crippen molar-refractivity contribution in [1.29, 1.82) is 0 Å². The van der Waals surface area contributed by atoms with Crippen LogP contribution in [0.25, 0.3) is 0 Å². The first kappa shape index (κ1) is 103. The number of unbranched alkanes of at least 4 members (excludes halogenated alkanes) is 48. The molecule has 3 N–H and O–H groups in total. The Balaban J connectivity index is 5.20. The predicted molar refractivity (Wildman–Crippen MR) is 432 cm³/mol. The third kappa shape index (κ3) is 78.5. The first-order valence-corrected chi connectivity index (χ1v) is 47.2. The normalized spacial score (nSPS) is 14.2. The molecule has 6 atom stereocenters. The van der Waals surface area contributed by atoms with E-state index in [-0.39, 0.29) is 25.7 Å². The zero-order valence-corrected chi connectivity index (χ0v) is 71.2. The van der Waals surface area contributed by atoms with Gasteiger partial charge in [0.2, 0.25) is 0 Å². The van der Waals surface area contributed by atoms with Gasteiger partial charge in [-0.15, -0.1) is 0 Å². The van der Waals surface area contributed by atoms with Crippen molar-refractivity contribution < 1.29 is 80.2 Å². The standard InChI is InChI=1S/C86H168O17P2/c1-9-79(8)65-57-49-41-33-27-21-17-12-10-11-13-18-22-28-35-43-52-60-69-86(91)103-82(73-97-84(89)67-59-51-45-37-40-48-56-64-78(6)7)75-101-105(94,95)99-71-80(87)70-98-104(92,93)100-74-81(72-96-83(88)66-58-50-42-34-30-24-26-32-39-47-55-63-77(4)5)102-85(90)68-61-53-44-36-29-23-19-15-14-16-20-25-31-38-46-54-62-76(2)3/h76-82,87H,9-75H2,1-8H3,(H,92,93)(H,94,95)/t79?,80?,81-,82-/m1/s1. The molecule has 19 heteroatoms. The van der Waals surface area contributed by atoms with Crippen LogP contribution in [0.4, 0.5) is 0 Å². The number of aliphatic hydroxyl groups is 1. The molecule has 624 valence electrons. The summed E-state index contributed by atoms with van der Waals surface area (Å²) in [6.07, 6.45) is 64.0. The van der Waals surface area contributed by atoms with Crippen LogP contribution in [-0.2, 0) is 65.4 Å². The molecule has 0 aromatic rings. The summed E-state index contributed by atoms with van der Waals surface area (Å²) in [5, 5.41) is 10.7. The molecule has 0 rings (SSSR count). The maximum Gasteiger partial charge on any atom is 0.472 e. The Hall–Kier alpha value is -1.94. The Morgan fingerprint density at radius 3 is 0.676 bits per heavy atom. The highest BCUT2D eigenvalue weighted by atomic mass is 31.2. The highest BCUT2D eigenvalue weighted by molar-refractivity contribution is 7.47. The molecule has 0 aliphatic rings. The van der Waals surface area contributed by atoms with E-state index in [1.807, 2.05) is 0 Å². The summed E-state index contributed by atoms with van der Waals surface area (Å²) < 4.78 is 68.9. The van der Waals surface area contributed by atoms with Crippen LogP contribution in [0.2, 0.25) is 0 Å². The predicted octanol–water partition coefficient (Wildman–Crippen LogP) is 25.9. The van der Waals surface area contributed by atoms with E-state index in [9.17, 15) is 43.2 Å². The van der Waals surface area contributed by atoms with Gasteiger partial charge in [0.25, 0.3) is 0 Å². The van der Waals surface area contributed by atoms with Gasteiger partial charge in [0.15, 0.2) is 12.2 Å². The molecule has 0 aliphatic carbocycles. The van der Waals surface area contributed by atoms with Crippen molar-refractivity contribution in [2.75, 3.05) is 39.6 Å². The first-order valence-electron chi connectivity index (χ1n) is 44.2. The van der Waals surface area contributed by atoms with Gasteiger partial charge in [-0.25, -0.2) is 9.13 Å². The lowest BCUT2D eigenvalue weighted by Crippen LogP contribution is -2.30. The summed E-state index contributed by atoms with van der Waals surface area (Å²) in [6.45, 7) is 14.3. The van der Waals surface area contributed by atoms with Crippen molar-refractivity contribution in [3.05, 3.63) is 0 Å². The number of hydrogen-bond donors (Lipinski definition) is 3. The molecule has 0 aromatic carbocycles. The van der Waals surface area contributed by atoms with Crippen LogP contribution in [0.3, 0.4) is 0 Å². The summed E-state index contributed by atoms with van der Waals surface area (Å²) in [5.74, 6) is 1.05. The van der Waals surface area contributed by atoms with Gasteiger partial charge in [-0.05, 0) is 49.4 Å². The molecule has 0 fully saturated rings. The van der Waals surface area contributed by atoms with E-state index in [0.29, 0.717) is 31.6 Å². The van der Waals surface area contributed by atoms with Crippen molar-refractivity contribution >= 4 is 39.5 Å². The van der Waals surface area contributed by atoms with E-state index < -0.39 is 97.5 Å². The van der Waals surface area contributed by atoms with Crippen LogP contribution in [0.1, 0.15) is 447 Å². The van der Waals surface area contributed by atoms with Gasteiger partial charge in [-0.3, -0.25) is 37.3 Å². The molecular weight excluding hydrogens is 1370 g/mol. The summed E-state index contributed by atoms with van der Waals surface area (Å²) >= 11 is 0. The fourth-order valence-corrected chi connectivity index (χ4v) is 14.9. The highest BCUT2D eigenvalue weighted by Crippen LogP contribution is 2.45. The molecule has 4 unspecified atom stereocenters. The fourth-order valence-electron chi connectivity index (χ4n) is 13.3. The number of phosphoric acid groups is 2. The molecule has 0 saturated carbocycles. The smallest absolute Gasteiger partial charge is 0.462 e. The quantitative estimate of drug-likeness (QED) is 0.0222. The Kier molecular flexibility index (Phi) is 73.4. The van der Waals surface area contributed by atoms with Crippen LogP contribution in [-0.4, -0.2) is 96.7 Å². The Labute approximate surface area is 645 Å². The Morgan fingerprint density at radius 2 is 0.457 bits per heavy atom. The van der Waals surface area contributed by atoms with Gasteiger partial charge >= 0.3 is 39.5 Å². The van der Waals surface area contributed by atoms with Crippen molar-refractivity contribution in [2.24, 2.45) is 23.7 Å². The van der Waals surface area contributed by atoms with Gasteiger partial charge in [0.1, 0.15) is 19.3 Å². The molecule has 0 aromatic heterocycles. The van der Waals surface area contributed by atoms with Gasteiger partial charge in [-0.2, -0.15) is 0 Å². The van der Waals surface area contributed by atoms with Crippen molar-refractivity contribution in [3.63, 3.8) is 0 Å². The number of aliphatic hydroxyl groups excluding tert-OH is 1. The van der Waals surface area contributed by atoms with Crippen LogP contribution >= 0.6 is 15.6 Å². The van der Waals surface area contributed by atoms with E-state index in [2.05, 4.69) is 55.4 Å². The Bertz CT molecular complexity index is 2040. The number of hydrogen-bond acceptors (Lipinski definition) is 15. The third-order valence-electron chi connectivity index (χ3n) is 20.4. The molecule has 0 heterocycles. The summed E-state index contributed by atoms with van der Waals surface area (Å²) in [6, 6.07) is 0. The van der Waals surface area contributed by atoms with Crippen LogP contribution in [0, 0.1) is 23.7 Å². The summed E-state index contributed by atoms with van der Waals surface area (Å²) in [7, 11) is -9.93. The fraction of sp³-hybridized carbons (Fsp3) is 0.953. The zero-order chi connectivity index (χ0) is 77.4. The van der Waals surface area contributed by atoms with Crippen LogP contribution in [0.15, 0.2) is 0 Å². The number of carbonyl (C=O) groups is 4. The molecule has 0 aliphatic heterocycles. The summed E-state index contributed by atoms with van der Waals surface area (Å²) in [4.78, 5) is 73.2. The lowest BCUT2D eigenvalue weighted by atomic mass is 9.99. The largest absolute Gasteiger partial charge is 0.472 e. The first-order chi connectivity index (χ1) is 50.6. The molecule has 105 heavy (non-hydrogen) atoms. The lowest BCUT2D eigenvalue weighted by Gasteiger charge is -2.21. The SMILES string of the molecule is CCC(C)CCCCCCCCCCCCCCCCCCCCC(=O)O[C@H](COC(=O)CCCCCCCCCC(C)C)COP(=O)(O)OCC(O)COP(=O)(O)OC[C@@H](COC(=O)CCCCCCCCCCCCCC(C)C)OC(=O)CCCCCCCCCCCCCCCCCCC(C)C. The minimum Gasteiger partial charge on any atom is -0.462 e. The number of rotatable bonds is 83. The number of phosphoric ester groups is 2. The minimum absolute atomic E-state index is 0.107. The second-order valence-corrected chi connectivity index (χ2v) is 35.5. The van der Waals surface area contributed by atoms with E-state index >= 15 is 0 Å². The van der Waals surface area contributed by atoms with Crippen molar-refractivity contribution in [3.8, 4) is 0 Å². The van der Waals surface area contributed by atoms with Gasteiger partial charge in [0.05, 0.1) is 26.4 Å². The van der Waals surface area contributed by atoms with E-state index in [4.69, 9.17) is 37.0 Å². The maximum atomic E-state index is 13.1. The monoisotopic (exact) mass is 1540 g/mol. The lowest BCUT2D eigenvalue weighted by molar-refractivity contribution is -0.161. The average molecular weight is 1540 g/mol. The van der Waals surface area contributed by atoms with Crippen molar-refractivity contribution in [2.45, 2.75) is 465 Å². The van der Waals surface area contributed by atoms with Gasteiger partial charge in [-0.1, -0.05) is 396 Å². The molecule has 0 amide bonds. The third-order valence-corrected chi connectivity index (χ3v) is 22.3. The number of ether oxygens (including phenoxy) is 4. The number of carbonyl (C=O) groups excluding carboxylic acids is 4. The van der Waals surface area contributed by atoms with E-state index in [1.165, 1.54) is 244 Å². The second-order valence-electron chi connectivity index (χ2n) is 32.6. The molecule has 17 nitrogen and oxygen atoms in total. The van der Waals surface area contributed by atoms with Crippen molar-refractivity contribution in [1.82, 2.24) is 0 Å². The highest BCUT2D eigenvalue weighted by Gasteiger charge is 2.31. The number of esters is 4. The van der Waals surface area contributed by atoms with E-state index in [0.717, 1.165) is 114 Å².